The minimum atomic E-state index is -0.836. The Morgan fingerprint density at radius 1 is 1.30 bits per heavy atom. The maximum absolute atomic E-state index is 15.0. The van der Waals surface area contributed by atoms with Crippen molar-refractivity contribution in [1.82, 2.24) is 19.9 Å². The lowest BCUT2D eigenvalue weighted by molar-refractivity contribution is 0.0900. The zero-order valence-electron chi connectivity index (χ0n) is 16.6. The SMILES string of the molecule is CN1c2nc(OC[C@@]34CCCN3C[C@H](F)C4)nc3c(F)c(Br)nc(c23)O[C@@H]2CC[C@@H]21. The molecule has 4 aliphatic rings. The highest BCUT2D eigenvalue weighted by Crippen LogP contribution is 2.44. The van der Waals surface area contributed by atoms with Crippen LogP contribution in [0.5, 0.6) is 11.9 Å². The smallest absolute Gasteiger partial charge is 0.319 e. The highest BCUT2D eigenvalue weighted by molar-refractivity contribution is 9.10. The molecule has 2 aromatic heterocycles. The van der Waals surface area contributed by atoms with Crippen LogP contribution < -0.4 is 14.4 Å². The summed E-state index contributed by atoms with van der Waals surface area (Å²) in [6.07, 6.45) is 3.42. The van der Waals surface area contributed by atoms with Crippen molar-refractivity contribution in [1.29, 1.82) is 0 Å². The summed E-state index contributed by atoms with van der Waals surface area (Å²) in [6.45, 7) is 1.63. The van der Waals surface area contributed by atoms with Crippen LogP contribution in [0.25, 0.3) is 10.9 Å². The lowest BCUT2D eigenvalue weighted by Crippen LogP contribution is -2.51. The number of hydrogen-bond acceptors (Lipinski definition) is 7. The van der Waals surface area contributed by atoms with E-state index in [0.717, 1.165) is 32.2 Å². The molecule has 2 aromatic rings. The zero-order chi connectivity index (χ0) is 20.6. The van der Waals surface area contributed by atoms with Gasteiger partial charge in [0.2, 0.25) is 5.88 Å². The Morgan fingerprint density at radius 3 is 2.97 bits per heavy atom. The third kappa shape index (κ3) is 2.65. The molecule has 3 aliphatic heterocycles. The minimum Gasteiger partial charge on any atom is -0.472 e. The van der Waals surface area contributed by atoms with Gasteiger partial charge in [-0.15, -0.1) is 0 Å². The van der Waals surface area contributed by atoms with E-state index in [2.05, 4.69) is 35.8 Å². The Balaban J connectivity index is 1.41. The molecule has 0 radical (unpaired) electrons. The van der Waals surface area contributed by atoms with Gasteiger partial charge in [-0.2, -0.15) is 9.97 Å². The Bertz CT molecular complexity index is 1040. The first-order valence-corrected chi connectivity index (χ1v) is 11.2. The van der Waals surface area contributed by atoms with E-state index in [1.165, 1.54) is 0 Å². The summed E-state index contributed by atoms with van der Waals surface area (Å²) < 4.78 is 41.2. The van der Waals surface area contributed by atoms with Crippen LogP contribution in [0.1, 0.15) is 32.1 Å². The van der Waals surface area contributed by atoms with Gasteiger partial charge in [0, 0.05) is 20.0 Å². The maximum atomic E-state index is 15.0. The Kier molecular flexibility index (Phi) is 4.16. The van der Waals surface area contributed by atoms with Crippen LogP contribution in [0.3, 0.4) is 0 Å². The van der Waals surface area contributed by atoms with Crippen LogP contribution in [0.4, 0.5) is 14.6 Å². The van der Waals surface area contributed by atoms with E-state index in [0.29, 0.717) is 36.7 Å². The Hall–Kier alpha value is -1.81. The molecule has 4 atom stereocenters. The van der Waals surface area contributed by atoms with Gasteiger partial charge >= 0.3 is 6.01 Å². The molecule has 2 saturated heterocycles. The first-order valence-electron chi connectivity index (χ1n) is 10.4. The van der Waals surface area contributed by atoms with Crippen molar-refractivity contribution >= 4 is 32.7 Å². The number of pyridine rings is 1. The van der Waals surface area contributed by atoms with E-state index in [9.17, 15) is 8.78 Å². The molecule has 0 unspecified atom stereocenters. The molecule has 0 amide bonds. The van der Waals surface area contributed by atoms with Crippen molar-refractivity contribution in [2.45, 2.75) is 56.0 Å². The molecule has 0 aromatic carbocycles. The van der Waals surface area contributed by atoms with Crippen LogP contribution in [0, 0.1) is 5.82 Å². The fourth-order valence-electron chi connectivity index (χ4n) is 5.46. The van der Waals surface area contributed by atoms with Crippen molar-refractivity contribution < 1.29 is 18.3 Å². The number of rotatable bonds is 3. The lowest BCUT2D eigenvalue weighted by atomic mass is 9.88. The average Bonchev–Trinajstić information content (AvgIpc) is 3.19. The predicted octanol–water partition coefficient (Wildman–Crippen LogP) is 3.24. The van der Waals surface area contributed by atoms with Crippen molar-refractivity contribution in [3.63, 3.8) is 0 Å². The van der Waals surface area contributed by atoms with Crippen LogP contribution in [-0.4, -0.2) is 70.5 Å². The molecule has 0 spiro atoms. The molecule has 1 aliphatic carbocycles. The van der Waals surface area contributed by atoms with E-state index < -0.39 is 12.0 Å². The average molecular weight is 482 g/mol. The second-order valence-electron chi connectivity index (χ2n) is 8.85. The van der Waals surface area contributed by atoms with Crippen molar-refractivity contribution in [2.75, 3.05) is 31.6 Å². The van der Waals surface area contributed by atoms with Gasteiger partial charge in [0.1, 0.15) is 40.2 Å². The maximum Gasteiger partial charge on any atom is 0.319 e. The molecule has 30 heavy (non-hydrogen) atoms. The number of halogens is 3. The quantitative estimate of drug-likeness (QED) is 0.623. The molecule has 0 N–H and O–H groups in total. The number of fused-ring (bicyclic) bond motifs is 2. The standard InChI is InChI=1S/C20H22BrF2N5O2/c1-27-11-3-4-12(11)30-18-13-15(14(23)16(21)25-18)24-19(26-17(13)27)29-9-20-5-2-6-28(20)8-10(22)7-20/h10-12H,2-9H2,1H3/t10-,11+,12-,20+/m1/s1. The molecular formula is C20H22BrF2N5O2. The number of aromatic nitrogens is 3. The monoisotopic (exact) mass is 481 g/mol. The Labute approximate surface area is 180 Å². The van der Waals surface area contributed by atoms with Gasteiger partial charge in [0.05, 0.1) is 11.6 Å². The Morgan fingerprint density at radius 2 is 2.17 bits per heavy atom. The summed E-state index contributed by atoms with van der Waals surface area (Å²) in [5.74, 6) is 0.334. The number of anilines is 1. The van der Waals surface area contributed by atoms with Crippen LogP contribution >= 0.6 is 15.9 Å². The predicted molar refractivity (Wildman–Crippen MR) is 109 cm³/mol. The molecule has 10 heteroatoms. The number of nitrogens with zero attached hydrogens (tertiary/aromatic N) is 5. The van der Waals surface area contributed by atoms with Gasteiger partial charge in [0.15, 0.2) is 5.82 Å². The third-order valence-electron chi connectivity index (χ3n) is 7.17. The second kappa shape index (κ2) is 6.59. The van der Waals surface area contributed by atoms with Gasteiger partial charge < -0.3 is 14.4 Å². The molecule has 160 valence electrons. The van der Waals surface area contributed by atoms with Crippen molar-refractivity contribution in [3.05, 3.63) is 10.4 Å². The number of likely N-dealkylation sites (N-methyl/N-ethyl adjacent to an activating group) is 1. The fraction of sp³-hybridized carbons (Fsp3) is 0.650. The number of ether oxygens (including phenoxy) is 2. The summed E-state index contributed by atoms with van der Waals surface area (Å²) in [5, 5.41) is 0.463. The van der Waals surface area contributed by atoms with Crippen molar-refractivity contribution in [3.8, 4) is 11.9 Å². The first kappa shape index (κ1) is 18.9. The fourth-order valence-corrected chi connectivity index (χ4v) is 5.81. The van der Waals surface area contributed by atoms with E-state index in [1.54, 1.807) is 0 Å². The molecule has 3 fully saturated rings. The van der Waals surface area contributed by atoms with E-state index in [1.807, 2.05) is 11.9 Å². The van der Waals surface area contributed by atoms with Gasteiger partial charge in [-0.25, -0.2) is 13.8 Å². The molecule has 0 bridgehead atoms. The van der Waals surface area contributed by atoms with Crippen LogP contribution in [0.15, 0.2) is 4.60 Å². The van der Waals surface area contributed by atoms with Crippen LogP contribution in [-0.2, 0) is 0 Å². The summed E-state index contributed by atoms with van der Waals surface area (Å²) in [6, 6.07) is 0.256. The van der Waals surface area contributed by atoms with E-state index in [-0.39, 0.29) is 33.8 Å². The van der Waals surface area contributed by atoms with Gasteiger partial charge in [-0.05, 0) is 48.2 Å². The van der Waals surface area contributed by atoms with Crippen LogP contribution in [0.2, 0.25) is 0 Å². The topological polar surface area (TPSA) is 63.6 Å². The summed E-state index contributed by atoms with van der Waals surface area (Å²) in [7, 11) is 1.93. The van der Waals surface area contributed by atoms with Gasteiger partial charge in [-0.1, -0.05) is 0 Å². The number of alkyl halides is 1. The highest BCUT2D eigenvalue weighted by atomic mass is 79.9. The molecule has 1 saturated carbocycles. The van der Waals surface area contributed by atoms with E-state index in [4.69, 9.17) is 9.47 Å². The molecule has 7 nitrogen and oxygen atoms in total. The largest absolute Gasteiger partial charge is 0.472 e. The molecular weight excluding hydrogens is 460 g/mol. The second-order valence-corrected chi connectivity index (χ2v) is 9.60. The number of hydrogen-bond donors (Lipinski definition) is 0. The molecule has 5 heterocycles. The van der Waals surface area contributed by atoms with Gasteiger partial charge in [-0.3, -0.25) is 4.90 Å². The molecule has 6 rings (SSSR count). The normalized spacial score (nSPS) is 32.4. The lowest BCUT2D eigenvalue weighted by Gasteiger charge is -2.40. The summed E-state index contributed by atoms with van der Waals surface area (Å²) >= 11 is 3.18. The third-order valence-corrected chi connectivity index (χ3v) is 7.70. The van der Waals surface area contributed by atoms with Crippen molar-refractivity contribution in [2.24, 2.45) is 0 Å². The first-order chi connectivity index (χ1) is 14.4. The van der Waals surface area contributed by atoms with Gasteiger partial charge in [0.25, 0.3) is 0 Å². The van der Waals surface area contributed by atoms with E-state index >= 15 is 0 Å². The summed E-state index contributed by atoms with van der Waals surface area (Å²) in [5.41, 5.74) is -0.196. The summed E-state index contributed by atoms with van der Waals surface area (Å²) in [4.78, 5) is 17.5. The zero-order valence-corrected chi connectivity index (χ0v) is 18.2. The minimum absolute atomic E-state index is 0.00691. The highest BCUT2D eigenvalue weighted by Gasteiger charge is 2.49.